The number of allylic oxidation sites excluding steroid dienone is 4. The molecule has 1 nitrogen and oxygen atoms in total. The van der Waals surface area contributed by atoms with E-state index in [1.165, 1.54) is 50.5 Å². The van der Waals surface area contributed by atoms with Crippen molar-refractivity contribution >= 4 is 15.9 Å². The van der Waals surface area contributed by atoms with Crippen LogP contribution < -0.4 is 0 Å². The van der Waals surface area contributed by atoms with Gasteiger partial charge in [0.15, 0.2) is 0 Å². The first kappa shape index (κ1) is 18.9. The van der Waals surface area contributed by atoms with E-state index in [-0.39, 0.29) is 0 Å². The lowest BCUT2D eigenvalue weighted by Crippen LogP contribution is -1.97. The molecule has 0 saturated heterocycles. The van der Waals surface area contributed by atoms with Crippen molar-refractivity contribution in [2.75, 3.05) is 18.5 Å². The SMILES string of the molecule is CC=C(C=CCC)CCCCOCCCCCCBr. The van der Waals surface area contributed by atoms with Crippen molar-refractivity contribution in [1.82, 2.24) is 0 Å². The first-order valence-corrected chi connectivity index (χ1v) is 8.92. The molecule has 0 heterocycles. The highest BCUT2D eigenvalue weighted by Gasteiger charge is 1.94. The summed E-state index contributed by atoms with van der Waals surface area (Å²) in [7, 11) is 0. The molecular formula is C17H31BrO. The third kappa shape index (κ3) is 14.1. The number of ether oxygens (including phenoxy) is 1. The predicted molar refractivity (Wildman–Crippen MR) is 90.1 cm³/mol. The molecule has 0 atom stereocenters. The van der Waals surface area contributed by atoms with Crippen molar-refractivity contribution in [3.05, 3.63) is 23.8 Å². The lowest BCUT2D eigenvalue weighted by atomic mass is 10.1. The van der Waals surface area contributed by atoms with E-state index in [2.05, 4.69) is 48.0 Å². The summed E-state index contributed by atoms with van der Waals surface area (Å²) >= 11 is 3.45. The normalized spacial score (nSPS) is 12.5. The number of unbranched alkanes of at least 4 members (excludes halogenated alkanes) is 4. The second-order valence-electron chi connectivity index (χ2n) is 4.85. The monoisotopic (exact) mass is 330 g/mol. The topological polar surface area (TPSA) is 9.23 Å². The minimum absolute atomic E-state index is 0.924. The maximum Gasteiger partial charge on any atom is 0.0466 e. The molecule has 0 bridgehead atoms. The third-order valence-electron chi connectivity index (χ3n) is 3.11. The average Bonchev–Trinajstić information content (AvgIpc) is 2.44. The molecule has 0 aromatic carbocycles. The molecule has 0 aromatic heterocycles. The van der Waals surface area contributed by atoms with Crippen LogP contribution in [0, 0.1) is 0 Å². The summed E-state index contributed by atoms with van der Waals surface area (Å²) in [5.74, 6) is 0. The van der Waals surface area contributed by atoms with Crippen LogP contribution in [0.2, 0.25) is 0 Å². The van der Waals surface area contributed by atoms with Crippen molar-refractivity contribution in [3.63, 3.8) is 0 Å². The van der Waals surface area contributed by atoms with Crippen LogP contribution in [0.25, 0.3) is 0 Å². The van der Waals surface area contributed by atoms with Crippen LogP contribution in [-0.4, -0.2) is 18.5 Å². The van der Waals surface area contributed by atoms with Gasteiger partial charge in [-0.05, 0) is 45.4 Å². The van der Waals surface area contributed by atoms with Crippen LogP contribution in [0.4, 0.5) is 0 Å². The Morgan fingerprint density at radius 1 is 1.00 bits per heavy atom. The fraction of sp³-hybridized carbons (Fsp3) is 0.765. The molecule has 0 spiro atoms. The van der Waals surface area contributed by atoms with Gasteiger partial charge in [-0.3, -0.25) is 0 Å². The molecule has 0 unspecified atom stereocenters. The van der Waals surface area contributed by atoms with Gasteiger partial charge in [0.1, 0.15) is 0 Å². The van der Waals surface area contributed by atoms with Gasteiger partial charge in [0.05, 0.1) is 0 Å². The van der Waals surface area contributed by atoms with Gasteiger partial charge in [0.25, 0.3) is 0 Å². The summed E-state index contributed by atoms with van der Waals surface area (Å²) in [5.41, 5.74) is 1.46. The third-order valence-corrected chi connectivity index (χ3v) is 3.68. The maximum absolute atomic E-state index is 5.66. The Morgan fingerprint density at radius 2 is 1.68 bits per heavy atom. The summed E-state index contributed by atoms with van der Waals surface area (Å²) in [6, 6.07) is 0. The Kier molecular flexibility index (Phi) is 15.9. The number of hydrogen-bond donors (Lipinski definition) is 0. The summed E-state index contributed by atoms with van der Waals surface area (Å²) in [4.78, 5) is 0. The van der Waals surface area contributed by atoms with Gasteiger partial charge in [-0.25, -0.2) is 0 Å². The Bertz CT molecular complexity index is 233. The highest BCUT2D eigenvalue weighted by molar-refractivity contribution is 9.09. The van der Waals surface area contributed by atoms with E-state index in [0.717, 1.165) is 25.0 Å². The van der Waals surface area contributed by atoms with Gasteiger partial charge in [0.2, 0.25) is 0 Å². The first-order chi connectivity index (χ1) is 9.35. The highest BCUT2D eigenvalue weighted by Crippen LogP contribution is 2.09. The quantitative estimate of drug-likeness (QED) is 0.227. The van der Waals surface area contributed by atoms with Crippen LogP contribution in [-0.2, 0) is 4.74 Å². The van der Waals surface area contributed by atoms with E-state index in [1.54, 1.807) is 0 Å². The van der Waals surface area contributed by atoms with Crippen molar-refractivity contribution in [2.24, 2.45) is 0 Å². The fourth-order valence-corrected chi connectivity index (χ4v) is 2.28. The Hall–Kier alpha value is -0.0800. The molecule has 0 fully saturated rings. The Morgan fingerprint density at radius 3 is 2.32 bits per heavy atom. The van der Waals surface area contributed by atoms with Gasteiger partial charge >= 0.3 is 0 Å². The van der Waals surface area contributed by atoms with Crippen molar-refractivity contribution < 1.29 is 4.74 Å². The predicted octanol–water partition coefficient (Wildman–Crippen LogP) is 6.04. The second-order valence-corrected chi connectivity index (χ2v) is 5.64. The fourth-order valence-electron chi connectivity index (χ4n) is 1.88. The average molecular weight is 331 g/mol. The van der Waals surface area contributed by atoms with E-state index in [9.17, 15) is 0 Å². The lowest BCUT2D eigenvalue weighted by molar-refractivity contribution is 0.126. The second kappa shape index (κ2) is 16.0. The zero-order valence-corrected chi connectivity index (χ0v) is 14.4. The van der Waals surface area contributed by atoms with E-state index < -0.39 is 0 Å². The molecule has 0 aliphatic heterocycles. The summed E-state index contributed by atoms with van der Waals surface area (Å²) in [5, 5.41) is 1.13. The number of hydrogen-bond acceptors (Lipinski definition) is 1. The van der Waals surface area contributed by atoms with Crippen LogP contribution >= 0.6 is 15.9 Å². The van der Waals surface area contributed by atoms with Crippen molar-refractivity contribution in [3.8, 4) is 0 Å². The minimum Gasteiger partial charge on any atom is -0.381 e. The van der Waals surface area contributed by atoms with E-state index >= 15 is 0 Å². The van der Waals surface area contributed by atoms with Crippen LogP contribution in [0.1, 0.15) is 65.2 Å². The molecule has 0 amide bonds. The lowest BCUT2D eigenvalue weighted by Gasteiger charge is -2.05. The molecule has 0 radical (unpaired) electrons. The standard InChI is InChI=1S/C17H31BrO/c1-3-5-12-17(4-2)13-8-11-16-19-15-10-7-6-9-14-18/h4-5,12H,3,6-11,13-16H2,1-2H3. The molecule has 2 heteroatoms. The molecule has 0 saturated carbocycles. The molecular weight excluding hydrogens is 300 g/mol. The minimum atomic E-state index is 0.924. The molecule has 0 aliphatic carbocycles. The number of rotatable bonds is 13. The summed E-state index contributed by atoms with van der Waals surface area (Å²) < 4.78 is 5.66. The number of halogens is 1. The summed E-state index contributed by atoms with van der Waals surface area (Å²) in [6.45, 7) is 6.16. The van der Waals surface area contributed by atoms with E-state index in [1.807, 2.05) is 0 Å². The van der Waals surface area contributed by atoms with Gasteiger partial charge in [-0.15, -0.1) is 0 Å². The number of alkyl halides is 1. The molecule has 0 aliphatic rings. The van der Waals surface area contributed by atoms with Gasteiger partial charge in [-0.2, -0.15) is 0 Å². The first-order valence-electron chi connectivity index (χ1n) is 7.80. The Labute approximate surface area is 128 Å². The molecule has 0 rings (SSSR count). The Balaban J connectivity index is 3.28. The van der Waals surface area contributed by atoms with Gasteiger partial charge < -0.3 is 4.74 Å². The molecule has 0 N–H and O–H groups in total. The van der Waals surface area contributed by atoms with E-state index in [4.69, 9.17) is 4.74 Å². The van der Waals surface area contributed by atoms with E-state index in [0.29, 0.717) is 0 Å². The molecule has 112 valence electrons. The van der Waals surface area contributed by atoms with Crippen molar-refractivity contribution in [1.29, 1.82) is 0 Å². The van der Waals surface area contributed by atoms with Crippen LogP contribution in [0.15, 0.2) is 23.8 Å². The zero-order chi connectivity index (χ0) is 14.2. The molecule has 19 heavy (non-hydrogen) atoms. The van der Waals surface area contributed by atoms with Gasteiger partial charge in [0, 0.05) is 18.5 Å². The summed E-state index contributed by atoms with van der Waals surface area (Å²) in [6.07, 6.45) is 16.6. The van der Waals surface area contributed by atoms with Crippen molar-refractivity contribution in [2.45, 2.75) is 65.2 Å². The largest absolute Gasteiger partial charge is 0.381 e. The van der Waals surface area contributed by atoms with Gasteiger partial charge in [-0.1, -0.05) is 59.5 Å². The maximum atomic E-state index is 5.66. The highest BCUT2D eigenvalue weighted by atomic mass is 79.9. The molecule has 0 aromatic rings. The van der Waals surface area contributed by atoms with Crippen LogP contribution in [0.3, 0.4) is 0 Å². The van der Waals surface area contributed by atoms with Crippen LogP contribution in [0.5, 0.6) is 0 Å². The smallest absolute Gasteiger partial charge is 0.0466 e. The zero-order valence-electron chi connectivity index (χ0n) is 12.8.